The molecule has 3 rings (SSSR count). The number of methoxy groups -OCH3 is 1. The number of halogens is 1. The van der Waals surface area contributed by atoms with Crippen LogP contribution in [0.3, 0.4) is 0 Å². The topological polar surface area (TPSA) is 92.8 Å². The molecule has 7 nitrogen and oxygen atoms in total. The largest absolute Gasteiger partial charge is 0.465 e. The summed E-state index contributed by atoms with van der Waals surface area (Å²) in [6, 6.07) is 5.14. The third kappa shape index (κ3) is 4.63. The Kier molecular flexibility index (Phi) is 6.74. The van der Waals surface area contributed by atoms with Crippen LogP contribution in [0.2, 0.25) is 5.02 Å². The first-order valence-electron chi connectivity index (χ1n) is 9.42. The molecule has 0 saturated heterocycles. The number of hydrogen-bond donors (Lipinski definition) is 1. The van der Waals surface area contributed by atoms with Gasteiger partial charge in [-0.05, 0) is 62.4 Å². The average Bonchev–Trinajstić information content (AvgIpc) is 3.05. The van der Waals surface area contributed by atoms with E-state index in [0.717, 1.165) is 46.7 Å². The van der Waals surface area contributed by atoms with E-state index in [1.54, 1.807) is 12.1 Å². The first kappa shape index (κ1) is 22.6. The number of carbonyl (C=O) groups is 2. The van der Waals surface area contributed by atoms with Crippen molar-refractivity contribution in [3.05, 3.63) is 45.3 Å². The number of carbonyl (C=O) groups excluding carboxylic acids is 2. The molecule has 162 valence electrons. The van der Waals surface area contributed by atoms with E-state index in [0.29, 0.717) is 21.3 Å². The van der Waals surface area contributed by atoms with E-state index in [4.69, 9.17) is 16.3 Å². The van der Waals surface area contributed by atoms with E-state index >= 15 is 0 Å². The van der Waals surface area contributed by atoms with E-state index in [1.165, 1.54) is 37.5 Å². The Morgan fingerprint density at radius 3 is 2.43 bits per heavy atom. The van der Waals surface area contributed by atoms with Crippen molar-refractivity contribution in [2.45, 2.75) is 38.6 Å². The van der Waals surface area contributed by atoms with Gasteiger partial charge in [-0.25, -0.2) is 13.2 Å². The van der Waals surface area contributed by atoms with Crippen LogP contribution in [0.1, 0.15) is 40.6 Å². The molecule has 0 aliphatic heterocycles. The van der Waals surface area contributed by atoms with Gasteiger partial charge in [0.15, 0.2) is 0 Å². The van der Waals surface area contributed by atoms with E-state index in [2.05, 4.69) is 5.32 Å². The van der Waals surface area contributed by atoms with Gasteiger partial charge in [-0.3, -0.25) is 9.10 Å². The summed E-state index contributed by atoms with van der Waals surface area (Å²) in [5, 5.41) is 3.62. The van der Waals surface area contributed by atoms with Crippen LogP contribution in [0.25, 0.3) is 0 Å². The number of nitrogens with zero attached hydrogens (tertiary/aromatic N) is 1. The molecule has 30 heavy (non-hydrogen) atoms. The number of anilines is 2. The second kappa shape index (κ2) is 8.95. The van der Waals surface area contributed by atoms with Crippen LogP contribution in [0.4, 0.5) is 10.7 Å². The maximum absolute atomic E-state index is 13.0. The summed E-state index contributed by atoms with van der Waals surface area (Å²) in [5.74, 6) is -1.05. The van der Waals surface area contributed by atoms with Gasteiger partial charge in [0.1, 0.15) is 11.0 Å². The predicted molar refractivity (Wildman–Crippen MR) is 119 cm³/mol. The van der Waals surface area contributed by atoms with Crippen LogP contribution in [0.15, 0.2) is 24.3 Å². The molecule has 0 bridgehead atoms. The van der Waals surface area contributed by atoms with E-state index in [-0.39, 0.29) is 0 Å². The van der Waals surface area contributed by atoms with Crippen molar-refractivity contribution in [3.63, 3.8) is 0 Å². The van der Waals surface area contributed by atoms with Crippen molar-refractivity contribution in [2.75, 3.05) is 23.0 Å². The number of sulfonamides is 1. The summed E-state index contributed by atoms with van der Waals surface area (Å²) in [4.78, 5) is 26.5. The van der Waals surface area contributed by atoms with Crippen molar-refractivity contribution >= 4 is 55.5 Å². The van der Waals surface area contributed by atoms with Gasteiger partial charge < -0.3 is 10.1 Å². The highest BCUT2D eigenvalue weighted by Crippen LogP contribution is 2.38. The summed E-state index contributed by atoms with van der Waals surface area (Å²) in [7, 11) is -2.46. The van der Waals surface area contributed by atoms with Crippen LogP contribution in [0, 0.1) is 0 Å². The fourth-order valence-corrected chi connectivity index (χ4v) is 6.17. The number of thiophene rings is 1. The predicted octanol–water partition coefficient (Wildman–Crippen LogP) is 3.86. The summed E-state index contributed by atoms with van der Waals surface area (Å²) >= 11 is 7.25. The van der Waals surface area contributed by atoms with Crippen molar-refractivity contribution in [3.8, 4) is 0 Å². The van der Waals surface area contributed by atoms with Crippen LogP contribution in [-0.2, 0) is 32.4 Å². The summed E-state index contributed by atoms with van der Waals surface area (Å²) in [6.07, 6.45) is 4.62. The molecule has 1 aromatic heterocycles. The Labute approximate surface area is 185 Å². The van der Waals surface area contributed by atoms with Crippen LogP contribution < -0.4 is 9.62 Å². The molecule has 1 atom stereocenters. The number of esters is 1. The second-order valence-electron chi connectivity index (χ2n) is 7.11. The third-order valence-corrected chi connectivity index (χ3v) is 7.67. The van der Waals surface area contributed by atoms with Crippen LogP contribution >= 0.6 is 22.9 Å². The van der Waals surface area contributed by atoms with Crippen molar-refractivity contribution in [2.24, 2.45) is 0 Å². The van der Waals surface area contributed by atoms with Gasteiger partial charge in [0.25, 0.3) is 0 Å². The SMILES string of the molecule is COC(=O)c1c(NC(=O)[C@@H](C)N(c2ccc(Cl)cc2)S(C)(=O)=O)sc2c1CCCC2. The van der Waals surface area contributed by atoms with Gasteiger partial charge in [-0.2, -0.15) is 0 Å². The fourth-order valence-electron chi connectivity index (χ4n) is 3.59. The lowest BCUT2D eigenvalue weighted by atomic mass is 9.95. The number of nitrogens with one attached hydrogen (secondary N) is 1. The molecule has 0 radical (unpaired) electrons. The molecule has 0 spiro atoms. The molecule has 1 aromatic carbocycles. The first-order chi connectivity index (χ1) is 14.1. The molecule has 1 aliphatic rings. The van der Waals surface area contributed by atoms with E-state index in [1.807, 2.05) is 0 Å². The van der Waals surface area contributed by atoms with Crippen LogP contribution in [-0.4, -0.2) is 39.7 Å². The van der Waals surface area contributed by atoms with Gasteiger partial charge in [0, 0.05) is 9.90 Å². The molecule has 1 amide bonds. The number of fused-ring (bicyclic) bond motifs is 1. The van der Waals surface area contributed by atoms with Crippen molar-refractivity contribution < 1.29 is 22.7 Å². The number of hydrogen-bond acceptors (Lipinski definition) is 6. The Bertz CT molecular complexity index is 1060. The molecule has 1 heterocycles. The monoisotopic (exact) mass is 470 g/mol. The Balaban J connectivity index is 1.93. The molecule has 0 fully saturated rings. The van der Waals surface area contributed by atoms with E-state index < -0.39 is 27.9 Å². The van der Waals surface area contributed by atoms with E-state index in [9.17, 15) is 18.0 Å². The molecule has 1 aliphatic carbocycles. The summed E-state index contributed by atoms with van der Waals surface area (Å²) in [5.41, 5.74) is 1.61. The minimum Gasteiger partial charge on any atom is -0.465 e. The zero-order chi connectivity index (χ0) is 22.1. The molecule has 0 saturated carbocycles. The maximum atomic E-state index is 13.0. The fraction of sp³-hybridized carbons (Fsp3) is 0.400. The van der Waals surface area contributed by atoms with Crippen molar-refractivity contribution in [1.82, 2.24) is 0 Å². The standard InChI is InChI=1S/C20H23ClN2O5S2/c1-12(23(30(3,26)27)14-10-8-13(21)9-11-14)18(24)22-19-17(20(25)28-2)15-6-4-5-7-16(15)29-19/h8-12H,4-7H2,1-3H3,(H,22,24)/t12-/m1/s1. The van der Waals surface area contributed by atoms with Crippen molar-refractivity contribution in [1.29, 1.82) is 0 Å². The zero-order valence-electron chi connectivity index (χ0n) is 16.9. The van der Waals surface area contributed by atoms with Gasteiger partial charge in [-0.1, -0.05) is 11.6 Å². The number of rotatable bonds is 6. The Hall–Kier alpha value is -2.10. The molecular weight excluding hydrogens is 448 g/mol. The Morgan fingerprint density at radius 1 is 1.20 bits per heavy atom. The molecule has 2 aromatic rings. The highest BCUT2D eigenvalue weighted by Gasteiger charge is 2.32. The lowest BCUT2D eigenvalue weighted by Gasteiger charge is -2.28. The summed E-state index contributed by atoms with van der Waals surface area (Å²) < 4.78 is 30.8. The van der Waals surface area contributed by atoms with Gasteiger partial charge in [0.2, 0.25) is 15.9 Å². The van der Waals surface area contributed by atoms with Gasteiger partial charge >= 0.3 is 5.97 Å². The molecular formula is C20H23ClN2O5S2. The lowest BCUT2D eigenvalue weighted by Crippen LogP contribution is -2.45. The van der Waals surface area contributed by atoms with Crippen LogP contribution in [0.5, 0.6) is 0 Å². The normalized spacial score (nSPS) is 14.5. The highest BCUT2D eigenvalue weighted by atomic mass is 35.5. The minimum atomic E-state index is -3.76. The minimum absolute atomic E-state index is 0.322. The second-order valence-corrected chi connectivity index (χ2v) is 10.5. The first-order valence-corrected chi connectivity index (χ1v) is 12.5. The zero-order valence-corrected chi connectivity index (χ0v) is 19.3. The van der Waals surface area contributed by atoms with Gasteiger partial charge in [0.05, 0.1) is 24.6 Å². The number of aryl methyl sites for hydroxylation is 1. The third-order valence-electron chi connectivity index (χ3n) is 4.97. The molecule has 10 heteroatoms. The quantitative estimate of drug-likeness (QED) is 0.647. The number of ether oxygens (including phenoxy) is 1. The average molecular weight is 471 g/mol. The molecule has 0 unspecified atom stereocenters. The lowest BCUT2D eigenvalue weighted by molar-refractivity contribution is -0.116. The Morgan fingerprint density at radius 2 is 1.83 bits per heavy atom. The summed E-state index contributed by atoms with van der Waals surface area (Å²) in [6.45, 7) is 1.50. The van der Waals surface area contributed by atoms with Gasteiger partial charge in [-0.15, -0.1) is 11.3 Å². The smallest absolute Gasteiger partial charge is 0.341 e. The molecule has 1 N–H and O–H groups in total. The number of amides is 1. The maximum Gasteiger partial charge on any atom is 0.341 e. The number of benzene rings is 1. The highest BCUT2D eigenvalue weighted by molar-refractivity contribution is 7.92.